The number of fused-ring (bicyclic) bond motifs is 2. The van der Waals surface area contributed by atoms with E-state index < -0.39 is 0 Å². The largest absolute Gasteiger partial charge is 0.350 e. The van der Waals surface area contributed by atoms with Crippen LogP contribution in [-0.4, -0.2) is 33.3 Å². The fourth-order valence-electron chi connectivity index (χ4n) is 3.57. The summed E-state index contributed by atoms with van der Waals surface area (Å²) in [5.74, 6) is 0.0998. The quantitative estimate of drug-likeness (QED) is 0.693. The van der Waals surface area contributed by atoms with E-state index in [2.05, 4.69) is 10.3 Å². The van der Waals surface area contributed by atoms with Gasteiger partial charge in [0.2, 0.25) is 11.8 Å². The van der Waals surface area contributed by atoms with Crippen LogP contribution in [0.3, 0.4) is 0 Å². The highest BCUT2D eigenvalue weighted by Gasteiger charge is 2.16. The van der Waals surface area contributed by atoms with Gasteiger partial charge in [0.25, 0.3) is 0 Å². The second-order valence-electron chi connectivity index (χ2n) is 7.28. The van der Waals surface area contributed by atoms with Crippen LogP contribution in [0.1, 0.15) is 23.1 Å². The van der Waals surface area contributed by atoms with E-state index in [0.29, 0.717) is 25.2 Å². The van der Waals surface area contributed by atoms with E-state index in [1.165, 1.54) is 18.2 Å². The molecule has 0 saturated carbocycles. The number of nitrogens with zero attached hydrogens (tertiary/aromatic N) is 3. The molecular weight excluding hydrogens is 371 g/mol. The molecule has 2 aromatic heterocycles. The van der Waals surface area contributed by atoms with Crippen LogP contribution >= 0.6 is 0 Å². The number of carbonyl (C=O) groups excluding carboxylic acids is 2. The third-order valence-corrected chi connectivity index (χ3v) is 5.10. The molecule has 0 bridgehead atoms. The molecule has 0 radical (unpaired) electrons. The number of hydrogen-bond acceptors (Lipinski definition) is 3. The first kappa shape index (κ1) is 18.9. The lowest BCUT2D eigenvalue weighted by Gasteiger charge is -2.16. The monoisotopic (exact) mass is 392 g/mol. The molecule has 2 amide bonds. The van der Waals surface area contributed by atoms with Crippen molar-refractivity contribution in [2.45, 2.75) is 19.4 Å². The standard InChI is InChI=1S/C22H21FN4O2/c1-26-12-16(18-10-17(23)5-6-19(18)26)13-27(2)21(29)8-3-14-9-15-4-7-20(28)25-22(15)24-11-14/h3,5-6,8-12H,4,7,13H2,1-2H3,(H,24,25,28)/b8-3+. The lowest BCUT2D eigenvalue weighted by atomic mass is 10.0. The van der Waals surface area contributed by atoms with Crippen LogP contribution in [0.4, 0.5) is 10.2 Å². The number of amides is 2. The van der Waals surface area contributed by atoms with Crippen LogP contribution in [0.25, 0.3) is 17.0 Å². The van der Waals surface area contributed by atoms with Gasteiger partial charge in [0.05, 0.1) is 0 Å². The summed E-state index contributed by atoms with van der Waals surface area (Å²) in [6.07, 6.45) is 7.83. The Morgan fingerprint density at radius 2 is 2.17 bits per heavy atom. The second-order valence-corrected chi connectivity index (χ2v) is 7.28. The summed E-state index contributed by atoms with van der Waals surface area (Å²) in [5, 5.41) is 3.54. The van der Waals surface area contributed by atoms with E-state index in [4.69, 9.17) is 0 Å². The number of halogens is 1. The van der Waals surface area contributed by atoms with Gasteiger partial charge in [0.15, 0.2) is 0 Å². The van der Waals surface area contributed by atoms with Crippen molar-refractivity contribution < 1.29 is 14.0 Å². The van der Waals surface area contributed by atoms with Gasteiger partial charge >= 0.3 is 0 Å². The number of nitrogens with one attached hydrogen (secondary N) is 1. The molecule has 3 heterocycles. The summed E-state index contributed by atoms with van der Waals surface area (Å²) in [4.78, 5) is 29.8. The minimum Gasteiger partial charge on any atom is -0.350 e. The topological polar surface area (TPSA) is 67.2 Å². The molecule has 3 aromatic rings. The molecule has 1 aliphatic heterocycles. The maximum Gasteiger partial charge on any atom is 0.246 e. The molecule has 6 nitrogen and oxygen atoms in total. The number of likely N-dealkylation sites (N-methyl/N-ethyl adjacent to an activating group) is 1. The van der Waals surface area contributed by atoms with Crippen molar-refractivity contribution in [2.24, 2.45) is 7.05 Å². The van der Waals surface area contributed by atoms with E-state index in [9.17, 15) is 14.0 Å². The minimum absolute atomic E-state index is 0.0292. The van der Waals surface area contributed by atoms with Crippen LogP contribution < -0.4 is 5.32 Å². The maximum atomic E-state index is 13.6. The third-order valence-electron chi connectivity index (χ3n) is 5.10. The van der Waals surface area contributed by atoms with Gasteiger partial charge in [0, 0.05) is 56.4 Å². The van der Waals surface area contributed by atoms with Crippen LogP contribution in [0.2, 0.25) is 0 Å². The van der Waals surface area contributed by atoms with Crippen molar-refractivity contribution in [3.05, 3.63) is 65.2 Å². The van der Waals surface area contributed by atoms with Gasteiger partial charge in [0.1, 0.15) is 11.6 Å². The number of carbonyl (C=O) groups is 2. The Morgan fingerprint density at radius 1 is 1.34 bits per heavy atom. The van der Waals surface area contributed by atoms with Gasteiger partial charge in [-0.15, -0.1) is 0 Å². The molecule has 148 valence electrons. The van der Waals surface area contributed by atoms with Crippen LogP contribution in [0.5, 0.6) is 0 Å². The number of rotatable bonds is 4. The molecule has 0 unspecified atom stereocenters. The van der Waals surface area contributed by atoms with E-state index in [0.717, 1.165) is 27.6 Å². The number of pyridine rings is 1. The minimum atomic E-state index is -0.296. The Balaban J connectivity index is 1.48. The lowest BCUT2D eigenvalue weighted by molar-refractivity contribution is -0.125. The van der Waals surface area contributed by atoms with Gasteiger partial charge in [-0.2, -0.15) is 0 Å². The average Bonchev–Trinajstić information content (AvgIpc) is 3.00. The molecule has 1 aromatic carbocycles. The predicted octanol–water partition coefficient (Wildman–Crippen LogP) is 3.27. The summed E-state index contributed by atoms with van der Waals surface area (Å²) in [7, 11) is 3.61. The van der Waals surface area contributed by atoms with E-state index in [-0.39, 0.29) is 17.6 Å². The molecule has 0 spiro atoms. The van der Waals surface area contributed by atoms with Crippen molar-refractivity contribution in [3.63, 3.8) is 0 Å². The first-order chi connectivity index (χ1) is 13.9. The number of hydrogen-bond donors (Lipinski definition) is 1. The fourth-order valence-corrected chi connectivity index (χ4v) is 3.57. The zero-order chi connectivity index (χ0) is 20.5. The molecule has 0 fully saturated rings. The number of benzene rings is 1. The summed E-state index contributed by atoms with van der Waals surface area (Å²) in [5.41, 5.74) is 3.57. The van der Waals surface area contributed by atoms with Crippen LogP contribution in [0.15, 0.2) is 42.7 Å². The van der Waals surface area contributed by atoms with Crippen molar-refractivity contribution in [1.29, 1.82) is 0 Å². The fraction of sp³-hybridized carbons (Fsp3) is 0.227. The molecule has 7 heteroatoms. The van der Waals surface area contributed by atoms with Gasteiger partial charge in [-0.1, -0.05) is 0 Å². The third kappa shape index (κ3) is 3.89. The second kappa shape index (κ2) is 7.50. The van der Waals surface area contributed by atoms with Gasteiger partial charge in [-0.3, -0.25) is 9.59 Å². The smallest absolute Gasteiger partial charge is 0.246 e. The molecule has 29 heavy (non-hydrogen) atoms. The van der Waals surface area contributed by atoms with Crippen molar-refractivity contribution in [3.8, 4) is 0 Å². The molecule has 1 aliphatic rings. The number of anilines is 1. The highest BCUT2D eigenvalue weighted by atomic mass is 19.1. The van der Waals surface area contributed by atoms with Gasteiger partial charge in [-0.25, -0.2) is 9.37 Å². The lowest BCUT2D eigenvalue weighted by Crippen LogP contribution is -2.24. The van der Waals surface area contributed by atoms with Gasteiger partial charge in [-0.05, 0) is 53.5 Å². The zero-order valence-corrected chi connectivity index (χ0v) is 16.3. The Morgan fingerprint density at radius 3 is 3.00 bits per heavy atom. The highest BCUT2D eigenvalue weighted by molar-refractivity contribution is 5.94. The summed E-state index contributed by atoms with van der Waals surface area (Å²) < 4.78 is 15.6. The SMILES string of the molecule is CN(Cc1cn(C)c2ccc(F)cc12)C(=O)/C=C/c1cnc2c(c1)CCC(=O)N2. The molecule has 0 aliphatic carbocycles. The molecule has 1 N–H and O–H groups in total. The first-order valence-corrected chi connectivity index (χ1v) is 9.36. The number of aryl methyl sites for hydroxylation is 2. The molecule has 0 atom stereocenters. The Labute approximate surface area is 167 Å². The molecule has 4 rings (SSSR count). The Hall–Kier alpha value is -3.48. The van der Waals surface area contributed by atoms with E-state index in [1.54, 1.807) is 30.3 Å². The van der Waals surface area contributed by atoms with Gasteiger partial charge < -0.3 is 14.8 Å². The Bertz CT molecular complexity index is 1150. The van der Waals surface area contributed by atoms with Crippen LogP contribution in [0, 0.1) is 5.82 Å². The normalized spacial score (nSPS) is 13.6. The van der Waals surface area contributed by atoms with Crippen molar-refractivity contribution >= 4 is 34.6 Å². The van der Waals surface area contributed by atoms with Crippen LogP contribution in [-0.2, 0) is 29.6 Å². The van der Waals surface area contributed by atoms with Crippen molar-refractivity contribution in [1.82, 2.24) is 14.5 Å². The van der Waals surface area contributed by atoms with E-state index in [1.807, 2.05) is 23.9 Å². The van der Waals surface area contributed by atoms with Crippen molar-refractivity contribution in [2.75, 3.05) is 12.4 Å². The average molecular weight is 392 g/mol. The molecule has 0 saturated heterocycles. The summed E-state index contributed by atoms with van der Waals surface area (Å²) in [6, 6.07) is 6.60. The number of aromatic nitrogens is 2. The summed E-state index contributed by atoms with van der Waals surface area (Å²) in [6.45, 7) is 0.373. The molecular formula is C22H21FN4O2. The zero-order valence-electron chi connectivity index (χ0n) is 16.3. The van der Waals surface area contributed by atoms with E-state index >= 15 is 0 Å². The highest BCUT2D eigenvalue weighted by Crippen LogP contribution is 2.23. The predicted molar refractivity (Wildman–Crippen MR) is 110 cm³/mol. The Kier molecular flexibility index (Phi) is 4.88. The maximum absolute atomic E-state index is 13.6. The first-order valence-electron chi connectivity index (χ1n) is 9.36. The summed E-state index contributed by atoms with van der Waals surface area (Å²) >= 11 is 0.